The second kappa shape index (κ2) is 7.91. The second-order valence-corrected chi connectivity index (χ2v) is 4.49. The van der Waals surface area contributed by atoms with Crippen LogP contribution in [-0.4, -0.2) is 51.9 Å². The maximum Gasteiger partial charge on any atom is 0.339 e. The number of aromatic carboxylic acids is 1. The smallest absolute Gasteiger partial charge is 0.339 e. The van der Waals surface area contributed by atoms with Crippen molar-refractivity contribution in [1.29, 1.82) is 0 Å². The number of hydrogen-bond acceptors (Lipinski definition) is 4. The van der Waals surface area contributed by atoms with Crippen LogP contribution in [0.15, 0.2) is 6.20 Å². The number of carboxylic acid groups (broad SMARTS) is 1. The van der Waals surface area contributed by atoms with Crippen molar-refractivity contribution in [1.82, 2.24) is 20.0 Å². The number of nitrogens with zero attached hydrogens (tertiary/aromatic N) is 3. The molecule has 0 aromatic carbocycles. The molecule has 0 saturated carbocycles. The van der Waals surface area contributed by atoms with E-state index >= 15 is 0 Å². The predicted octanol–water partition coefficient (Wildman–Crippen LogP) is 0.940. The molecule has 1 aromatic rings. The van der Waals surface area contributed by atoms with Gasteiger partial charge in [0.1, 0.15) is 5.56 Å². The summed E-state index contributed by atoms with van der Waals surface area (Å²) in [7, 11) is 1.76. The van der Waals surface area contributed by atoms with Crippen molar-refractivity contribution >= 4 is 5.97 Å². The Balaban J connectivity index is 2.33. The van der Waals surface area contributed by atoms with Gasteiger partial charge in [-0.05, 0) is 32.6 Å². The topological polar surface area (TPSA) is 70.4 Å². The molecule has 0 aliphatic heterocycles. The first-order valence-corrected chi connectivity index (χ1v) is 6.77. The van der Waals surface area contributed by atoms with Gasteiger partial charge in [-0.2, -0.15) is 5.10 Å². The summed E-state index contributed by atoms with van der Waals surface area (Å²) < 4.78 is 1.61. The molecule has 0 bridgehead atoms. The van der Waals surface area contributed by atoms with Gasteiger partial charge >= 0.3 is 5.97 Å². The Morgan fingerprint density at radius 3 is 2.74 bits per heavy atom. The summed E-state index contributed by atoms with van der Waals surface area (Å²) in [6, 6.07) is 0. The van der Waals surface area contributed by atoms with Gasteiger partial charge in [0, 0.05) is 13.6 Å². The molecule has 108 valence electrons. The molecule has 19 heavy (non-hydrogen) atoms. The van der Waals surface area contributed by atoms with Crippen molar-refractivity contribution in [2.45, 2.75) is 26.8 Å². The zero-order valence-electron chi connectivity index (χ0n) is 12.0. The van der Waals surface area contributed by atoms with Gasteiger partial charge in [0.15, 0.2) is 0 Å². The highest BCUT2D eigenvalue weighted by Crippen LogP contribution is 2.06. The third-order valence-corrected chi connectivity index (χ3v) is 3.31. The van der Waals surface area contributed by atoms with Crippen LogP contribution >= 0.6 is 0 Å². The zero-order valence-corrected chi connectivity index (χ0v) is 12.0. The third-order valence-electron chi connectivity index (χ3n) is 3.31. The fraction of sp³-hybridized carbons (Fsp3) is 0.692. The highest BCUT2D eigenvalue weighted by molar-refractivity contribution is 5.88. The first-order valence-electron chi connectivity index (χ1n) is 6.77. The summed E-state index contributed by atoms with van der Waals surface area (Å²) in [6.45, 7) is 8.94. The Labute approximate surface area is 114 Å². The van der Waals surface area contributed by atoms with Crippen molar-refractivity contribution in [2.24, 2.45) is 7.05 Å². The fourth-order valence-corrected chi connectivity index (χ4v) is 2.03. The molecule has 0 saturated heterocycles. The van der Waals surface area contributed by atoms with E-state index in [2.05, 4.69) is 29.2 Å². The molecule has 1 heterocycles. The van der Waals surface area contributed by atoms with E-state index < -0.39 is 5.97 Å². The first-order chi connectivity index (χ1) is 9.10. The normalized spacial score (nSPS) is 11.2. The molecule has 6 heteroatoms. The average Bonchev–Trinajstić information content (AvgIpc) is 2.75. The van der Waals surface area contributed by atoms with Crippen LogP contribution in [0.4, 0.5) is 0 Å². The van der Waals surface area contributed by atoms with Crippen LogP contribution in [0.2, 0.25) is 0 Å². The minimum atomic E-state index is -0.923. The van der Waals surface area contributed by atoms with E-state index in [1.165, 1.54) is 6.20 Å². The molecule has 0 unspecified atom stereocenters. The number of rotatable bonds is 9. The monoisotopic (exact) mass is 268 g/mol. The Hall–Kier alpha value is -1.40. The van der Waals surface area contributed by atoms with E-state index in [1.807, 2.05) is 0 Å². The molecule has 2 N–H and O–H groups in total. The van der Waals surface area contributed by atoms with E-state index in [0.717, 1.165) is 38.3 Å². The maximum absolute atomic E-state index is 11.0. The standard InChI is InChI=1S/C13H24N4O2/c1-4-17(5-2)8-6-7-14-10-12-11(13(18)19)9-15-16(12)3/h9,14H,4-8,10H2,1-3H3,(H,18,19). The number of aromatic nitrogens is 2. The fourth-order valence-electron chi connectivity index (χ4n) is 2.03. The second-order valence-electron chi connectivity index (χ2n) is 4.49. The number of aryl methyl sites for hydroxylation is 1. The highest BCUT2D eigenvalue weighted by Gasteiger charge is 2.14. The first kappa shape index (κ1) is 15.7. The average molecular weight is 268 g/mol. The molecule has 1 aromatic heterocycles. The van der Waals surface area contributed by atoms with Gasteiger partial charge in [0.25, 0.3) is 0 Å². The summed E-state index contributed by atoms with van der Waals surface area (Å²) in [4.78, 5) is 13.4. The summed E-state index contributed by atoms with van der Waals surface area (Å²) in [5.41, 5.74) is 0.995. The number of carboxylic acids is 1. The molecule has 6 nitrogen and oxygen atoms in total. The number of hydrogen-bond donors (Lipinski definition) is 2. The molecule has 0 spiro atoms. The zero-order chi connectivity index (χ0) is 14.3. The highest BCUT2D eigenvalue weighted by atomic mass is 16.4. The van der Waals surface area contributed by atoms with Crippen LogP contribution in [0.5, 0.6) is 0 Å². The van der Waals surface area contributed by atoms with Crippen molar-refractivity contribution in [3.05, 3.63) is 17.5 Å². The minimum Gasteiger partial charge on any atom is -0.478 e. The van der Waals surface area contributed by atoms with Gasteiger partial charge in [-0.1, -0.05) is 13.8 Å². The minimum absolute atomic E-state index is 0.277. The summed E-state index contributed by atoms with van der Waals surface area (Å²) in [5.74, 6) is -0.923. The Morgan fingerprint density at radius 1 is 1.47 bits per heavy atom. The lowest BCUT2D eigenvalue weighted by molar-refractivity contribution is 0.0695. The quantitative estimate of drug-likeness (QED) is 0.652. The third kappa shape index (κ3) is 4.65. The number of carbonyl (C=O) groups is 1. The van der Waals surface area contributed by atoms with E-state index in [4.69, 9.17) is 5.11 Å². The van der Waals surface area contributed by atoms with Crippen LogP contribution in [0.25, 0.3) is 0 Å². The summed E-state index contributed by atoms with van der Waals surface area (Å²) >= 11 is 0. The molecule has 0 radical (unpaired) electrons. The van der Waals surface area contributed by atoms with E-state index in [1.54, 1.807) is 11.7 Å². The molecule has 0 aliphatic carbocycles. The Bertz CT molecular complexity index is 399. The van der Waals surface area contributed by atoms with Crippen molar-refractivity contribution in [2.75, 3.05) is 26.2 Å². The van der Waals surface area contributed by atoms with Gasteiger partial charge in [0.2, 0.25) is 0 Å². The van der Waals surface area contributed by atoms with Gasteiger partial charge < -0.3 is 15.3 Å². The molecule has 0 atom stereocenters. The molecule has 1 rings (SSSR count). The molecular formula is C13H24N4O2. The molecule has 0 fully saturated rings. The number of nitrogens with one attached hydrogen (secondary N) is 1. The van der Waals surface area contributed by atoms with E-state index in [-0.39, 0.29) is 5.56 Å². The Kier molecular flexibility index (Phi) is 6.52. The van der Waals surface area contributed by atoms with Crippen LogP contribution < -0.4 is 5.32 Å². The van der Waals surface area contributed by atoms with Gasteiger partial charge in [-0.25, -0.2) is 4.79 Å². The lowest BCUT2D eigenvalue weighted by Gasteiger charge is -2.17. The largest absolute Gasteiger partial charge is 0.478 e. The SMILES string of the molecule is CCN(CC)CCCNCc1c(C(=O)O)cnn1C. The van der Waals surface area contributed by atoms with Gasteiger partial charge in [-0.15, -0.1) is 0 Å². The van der Waals surface area contributed by atoms with Crippen LogP contribution in [0, 0.1) is 0 Å². The maximum atomic E-state index is 11.0. The predicted molar refractivity (Wildman–Crippen MR) is 74.3 cm³/mol. The van der Waals surface area contributed by atoms with Crippen molar-refractivity contribution < 1.29 is 9.90 Å². The van der Waals surface area contributed by atoms with Crippen molar-refractivity contribution in [3.63, 3.8) is 0 Å². The van der Waals surface area contributed by atoms with Crippen LogP contribution in [0.1, 0.15) is 36.3 Å². The molecule has 0 aliphatic rings. The van der Waals surface area contributed by atoms with Crippen LogP contribution in [0.3, 0.4) is 0 Å². The summed E-state index contributed by atoms with van der Waals surface area (Å²) in [5, 5.41) is 16.3. The lowest BCUT2D eigenvalue weighted by Crippen LogP contribution is -2.27. The molecule has 0 amide bonds. The van der Waals surface area contributed by atoms with Gasteiger partial charge in [-0.3, -0.25) is 4.68 Å². The van der Waals surface area contributed by atoms with E-state index in [9.17, 15) is 4.79 Å². The summed E-state index contributed by atoms with van der Waals surface area (Å²) in [6.07, 6.45) is 2.46. The Morgan fingerprint density at radius 2 is 2.16 bits per heavy atom. The molecular weight excluding hydrogens is 244 g/mol. The van der Waals surface area contributed by atoms with Gasteiger partial charge in [0.05, 0.1) is 11.9 Å². The van der Waals surface area contributed by atoms with E-state index in [0.29, 0.717) is 6.54 Å². The van der Waals surface area contributed by atoms with Crippen LogP contribution in [-0.2, 0) is 13.6 Å². The lowest BCUT2D eigenvalue weighted by atomic mass is 10.2. The van der Waals surface area contributed by atoms with Crippen molar-refractivity contribution in [3.8, 4) is 0 Å².